The summed E-state index contributed by atoms with van der Waals surface area (Å²) in [7, 11) is 0. The van der Waals surface area contributed by atoms with Crippen molar-refractivity contribution in [3.63, 3.8) is 0 Å². The van der Waals surface area contributed by atoms with Gasteiger partial charge in [0.15, 0.2) is 0 Å². The van der Waals surface area contributed by atoms with E-state index in [4.69, 9.17) is 0 Å². The van der Waals surface area contributed by atoms with Crippen LogP contribution >= 0.6 is 11.3 Å². The van der Waals surface area contributed by atoms with Gasteiger partial charge in [-0.1, -0.05) is 13.8 Å². The lowest BCUT2D eigenvalue weighted by atomic mass is 10.3. The normalized spacial score (nSPS) is 18.0. The van der Waals surface area contributed by atoms with Crippen LogP contribution < -0.4 is 5.32 Å². The summed E-state index contributed by atoms with van der Waals surface area (Å²) in [5.74, 6) is 0. The Morgan fingerprint density at radius 1 is 1.21 bits per heavy atom. The topological polar surface area (TPSA) is 31.4 Å². The highest BCUT2D eigenvalue weighted by atomic mass is 32.1. The summed E-state index contributed by atoms with van der Waals surface area (Å²) in [5.41, 5.74) is 1.19. The Balaban J connectivity index is 1.69. The van der Waals surface area contributed by atoms with Gasteiger partial charge in [-0.2, -0.15) is 0 Å². The zero-order valence-corrected chi connectivity index (χ0v) is 13.0. The Bertz CT molecular complexity index is 358. The highest BCUT2D eigenvalue weighted by Crippen LogP contribution is 2.11. The molecular weight excluding hydrogens is 256 g/mol. The van der Waals surface area contributed by atoms with Crippen LogP contribution in [0.1, 0.15) is 24.5 Å². The summed E-state index contributed by atoms with van der Waals surface area (Å²) in [4.78, 5) is 9.77. The summed E-state index contributed by atoms with van der Waals surface area (Å²) in [6.07, 6.45) is 1.10. The van der Waals surface area contributed by atoms with E-state index in [0.717, 1.165) is 26.1 Å². The minimum atomic E-state index is 0.905. The van der Waals surface area contributed by atoms with Crippen LogP contribution in [0.4, 0.5) is 0 Å². The number of hydrogen-bond acceptors (Lipinski definition) is 5. The highest BCUT2D eigenvalue weighted by Gasteiger charge is 2.15. The summed E-state index contributed by atoms with van der Waals surface area (Å²) in [6, 6.07) is 0. The van der Waals surface area contributed by atoms with E-state index in [1.165, 1.54) is 43.4 Å². The van der Waals surface area contributed by atoms with Gasteiger partial charge in [0.25, 0.3) is 0 Å². The van der Waals surface area contributed by atoms with Crippen molar-refractivity contribution < 1.29 is 0 Å². The van der Waals surface area contributed by atoms with Crippen molar-refractivity contribution in [2.75, 3.05) is 45.8 Å². The fourth-order valence-electron chi connectivity index (χ4n) is 2.38. The van der Waals surface area contributed by atoms with Crippen LogP contribution in [0.2, 0.25) is 0 Å². The third-order valence-corrected chi connectivity index (χ3v) is 4.67. The summed E-state index contributed by atoms with van der Waals surface area (Å²) < 4.78 is 0. The molecule has 1 aliphatic heterocycles. The van der Waals surface area contributed by atoms with Gasteiger partial charge in [0.2, 0.25) is 0 Å². The van der Waals surface area contributed by atoms with Crippen molar-refractivity contribution in [2.24, 2.45) is 0 Å². The molecule has 0 unspecified atom stereocenters. The molecule has 0 aromatic carbocycles. The van der Waals surface area contributed by atoms with Crippen LogP contribution in [-0.2, 0) is 13.0 Å². The monoisotopic (exact) mass is 282 g/mol. The van der Waals surface area contributed by atoms with Crippen molar-refractivity contribution in [3.05, 3.63) is 16.1 Å². The molecule has 108 valence electrons. The Morgan fingerprint density at radius 3 is 2.63 bits per heavy atom. The van der Waals surface area contributed by atoms with Gasteiger partial charge >= 0.3 is 0 Å². The minimum absolute atomic E-state index is 0.905. The second-order valence-corrected chi connectivity index (χ2v) is 5.98. The van der Waals surface area contributed by atoms with Crippen LogP contribution in [0.5, 0.6) is 0 Å². The van der Waals surface area contributed by atoms with Gasteiger partial charge < -0.3 is 15.1 Å². The number of rotatable bonds is 7. The van der Waals surface area contributed by atoms with E-state index in [9.17, 15) is 0 Å². The van der Waals surface area contributed by atoms with E-state index in [0.29, 0.717) is 0 Å². The van der Waals surface area contributed by atoms with E-state index in [1.54, 1.807) is 11.3 Å². The van der Waals surface area contributed by atoms with E-state index in [-0.39, 0.29) is 0 Å². The van der Waals surface area contributed by atoms with E-state index in [2.05, 4.69) is 39.3 Å². The van der Waals surface area contributed by atoms with Gasteiger partial charge in [0.1, 0.15) is 0 Å². The number of hydrogen-bond donors (Lipinski definition) is 1. The quantitative estimate of drug-likeness (QED) is 0.820. The molecule has 2 rings (SSSR count). The minimum Gasteiger partial charge on any atom is -0.311 e. The number of likely N-dealkylation sites (N-methyl/N-ethyl adjacent to an activating group) is 1. The SMILES string of the molecule is CCNCc1csc(CCN2CCN(CC)CC2)n1. The second-order valence-electron chi connectivity index (χ2n) is 5.04. The average molecular weight is 282 g/mol. The van der Waals surface area contributed by atoms with Crippen molar-refractivity contribution in [1.29, 1.82) is 0 Å². The first kappa shape index (κ1) is 14.9. The van der Waals surface area contributed by atoms with Crippen molar-refractivity contribution in [2.45, 2.75) is 26.8 Å². The molecule has 0 aliphatic carbocycles. The van der Waals surface area contributed by atoms with Crippen LogP contribution in [0.3, 0.4) is 0 Å². The summed E-state index contributed by atoms with van der Waals surface area (Å²) in [6.45, 7) is 13.5. The van der Waals surface area contributed by atoms with Gasteiger partial charge in [-0.05, 0) is 13.1 Å². The molecule has 2 heterocycles. The second kappa shape index (κ2) is 7.94. The van der Waals surface area contributed by atoms with Crippen molar-refractivity contribution in [3.8, 4) is 0 Å². The lowest BCUT2D eigenvalue weighted by molar-refractivity contribution is 0.138. The average Bonchev–Trinajstić information content (AvgIpc) is 2.91. The maximum Gasteiger partial charge on any atom is 0.0941 e. The molecule has 1 N–H and O–H groups in total. The molecule has 0 amide bonds. The molecule has 1 aromatic rings. The zero-order chi connectivity index (χ0) is 13.5. The molecule has 0 spiro atoms. The van der Waals surface area contributed by atoms with Crippen molar-refractivity contribution in [1.82, 2.24) is 20.1 Å². The van der Waals surface area contributed by atoms with E-state index < -0.39 is 0 Å². The Hall–Kier alpha value is -0.490. The van der Waals surface area contributed by atoms with Crippen molar-refractivity contribution >= 4 is 11.3 Å². The first-order valence-electron chi connectivity index (χ1n) is 7.40. The summed E-state index contributed by atoms with van der Waals surface area (Å²) in [5, 5.41) is 6.79. The number of aromatic nitrogens is 1. The molecule has 0 saturated carbocycles. The molecule has 1 aliphatic rings. The van der Waals surface area contributed by atoms with Gasteiger partial charge in [0.05, 0.1) is 10.7 Å². The highest BCUT2D eigenvalue weighted by molar-refractivity contribution is 7.09. The lowest BCUT2D eigenvalue weighted by Gasteiger charge is -2.33. The van der Waals surface area contributed by atoms with Crippen LogP contribution in [0, 0.1) is 0 Å². The number of nitrogens with zero attached hydrogens (tertiary/aromatic N) is 3. The Morgan fingerprint density at radius 2 is 1.95 bits per heavy atom. The standard InChI is InChI=1S/C14H26N4S/c1-3-15-11-13-12-19-14(16-13)5-6-18-9-7-17(4-2)8-10-18/h12,15H,3-11H2,1-2H3. The molecule has 1 saturated heterocycles. The maximum atomic E-state index is 4.68. The molecule has 1 aromatic heterocycles. The molecular formula is C14H26N4S. The predicted octanol–water partition coefficient (Wildman–Crippen LogP) is 1.43. The number of nitrogens with one attached hydrogen (secondary N) is 1. The first-order valence-corrected chi connectivity index (χ1v) is 8.28. The Kier molecular flexibility index (Phi) is 6.23. The van der Waals surface area contributed by atoms with E-state index >= 15 is 0 Å². The van der Waals surface area contributed by atoms with Gasteiger partial charge in [-0.25, -0.2) is 4.98 Å². The molecule has 0 bridgehead atoms. The smallest absolute Gasteiger partial charge is 0.0941 e. The fourth-order valence-corrected chi connectivity index (χ4v) is 3.17. The third kappa shape index (κ3) is 4.84. The largest absolute Gasteiger partial charge is 0.311 e. The third-order valence-electron chi connectivity index (χ3n) is 3.71. The molecule has 1 fully saturated rings. The molecule has 0 atom stereocenters. The lowest BCUT2D eigenvalue weighted by Crippen LogP contribution is -2.46. The van der Waals surface area contributed by atoms with Gasteiger partial charge in [-0.15, -0.1) is 11.3 Å². The predicted molar refractivity (Wildman–Crippen MR) is 81.8 cm³/mol. The zero-order valence-electron chi connectivity index (χ0n) is 12.2. The Labute approximate surface area is 120 Å². The molecule has 5 heteroatoms. The molecule has 4 nitrogen and oxygen atoms in total. The van der Waals surface area contributed by atoms with Crippen LogP contribution in [-0.4, -0.2) is 60.6 Å². The first-order chi connectivity index (χ1) is 9.31. The fraction of sp³-hybridized carbons (Fsp3) is 0.786. The van der Waals surface area contributed by atoms with Gasteiger partial charge in [-0.3, -0.25) is 0 Å². The van der Waals surface area contributed by atoms with Crippen LogP contribution in [0.25, 0.3) is 0 Å². The van der Waals surface area contributed by atoms with E-state index in [1.807, 2.05) is 0 Å². The van der Waals surface area contributed by atoms with Crippen LogP contribution in [0.15, 0.2) is 5.38 Å². The maximum absolute atomic E-state index is 4.68. The van der Waals surface area contributed by atoms with Gasteiger partial charge in [0, 0.05) is 51.1 Å². The summed E-state index contributed by atoms with van der Waals surface area (Å²) >= 11 is 1.81. The molecule has 0 radical (unpaired) electrons. The molecule has 19 heavy (non-hydrogen) atoms. The number of thiazole rings is 1. The number of piperazine rings is 1.